The number of hydrogen-bond donors (Lipinski definition) is 1. The van der Waals surface area contributed by atoms with Crippen molar-refractivity contribution in [1.82, 2.24) is 10.3 Å². The SMILES string of the molecule is Cc1cccc(CNCc2c(F)cccc2Cl)n1. The second-order valence-corrected chi connectivity index (χ2v) is 4.48. The number of pyridine rings is 1. The Morgan fingerprint density at radius 2 is 1.94 bits per heavy atom. The molecule has 0 aliphatic heterocycles. The van der Waals surface area contributed by atoms with Gasteiger partial charge in [0.25, 0.3) is 0 Å². The number of aryl methyl sites for hydroxylation is 1. The lowest BCUT2D eigenvalue weighted by atomic mass is 10.2. The van der Waals surface area contributed by atoms with Gasteiger partial charge in [-0.25, -0.2) is 4.39 Å². The van der Waals surface area contributed by atoms with Crippen molar-refractivity contribution in [3.05, 3.63) is 64.2 Å². The highest BCUT2D eigenvalue weighted by Gasteiger charge is 2.06. The van der Waals surface area contributed by atoms with E-state index in [0.717, 1.165) is 11.4 Å². The molecule has 0 amide bonds. The van der Waals surface area contributed by atoms with Crippen molar-refractivity contribution in [2.75, 3.05) is 0 Å². The largest absolute Gasteiger partial charge is 0.307 e. The molecular weight excluding hydrogens is 251 g/mol. The third-order valence-corrected chi connectivity index (χ3v) is 2.97. The molecule has 94 valence electrons. The van der Waals surface area contributed by atoms with Crippen LogP contribution < -0.4 is 5.32 Å². The molecule has 1 N–H and O–H groups in total. The molecule has 1 aromatic heterocycles. The molecule has 18 heavy (non-hydrogen) atoms. The molecule has 0 aliphatic rings. The van der Waals surface area contributed by atoms with E-state index in [4.69, 9.17) is 11.6 Å². The molecule has 0 spiro atoms. The van der Waals surface area contributed by atoms with E-state index in [-0.39, 0.29) is 5.82 Å². The number of benzene rings is 1. The smallest absolute Gasteiger partial charge is 0.129 e. The maximum atomic E-state index is 13.5. The van der Waals surface area contributed by atoms with Gasteiger partial charge in [-0.15, -0.1) is 0 Å². The number of halogens is 2. The third kappa shape index (κ3) is 3.28. The van der Waals surface area contributed by atoms with E-state index in [1.807, 2.05) is 25.1 Å². The fourth-order valence-electron chi connectivity index (χ4n) is 1.71. The van der Waals surface area contributed by atoms with Gasteiger partial charge in [-0.3, -0.25) is 4.98 Å². The van der Waals surface area contributed by atoms with Crippen molar-refractivity contribution in [3.8, 4) is 0 Å². The van der Waals surface area contributed by atoms with Crippen molar-refractivity contribution in [2.45, 2.75) is 20.0 Å². The summed E-state index contributed by atoms with van der Waals surface area (Å²) in [5.74, 6) is -0.285. The molecule has 4 heteroatoms. The van der Waals surface area contributed by atoms with Crippen molar-refractivity contribution >= 4 is 11.6 Å². The predicted molar refractivity (Wildman–Crippen MR) is 70.9 cm³/mol. The summed E-state index contributed by atoms with van der Waals surface area (Å²) >= 11 is 5.94. The first-order valence-electron chi connectivity index (χ1n) is 5.73. The van der Waals surface area contributed by atoms with Crippen molar-refractivity contribution < 1.29 is 4.39 Å². The summed E-state index contributed by atoms with van der Waals surface area (Å²) in [5, 5.41) is 3.58. The Balaban J connectivity index is 1.97. The minimum Gasteiger partial charge on any atom is -0.307 e. The Morgan fingerprint density at radius 1 is 1.17 bits per heavy atom. The van der Waals surface area contributed by atoms with E-state index in [9.17, 15) is 4.39 Å². The molecule has 0 aliphatic carbocycles. The van der Waals surface area contributed by atoms with E-state index >= 15 is 0 Å². The molecule has 1 aromatic carbocycles. The molecule has 0 fully saturated rings. The topological polar surface area (TPSA) is 24.9 Å². The Morgan fingerprint density at radius 3 is 2.67 bits per heavy atom. The fourth-order valence-corrected chi connectivity index (χ4v) is 1.94. The van der Waals surface area contributed by atoms with Gasteiger partial charge in [0.2, 0.25) is 0 Å². The van der Waals surface area contributed by atoms with E-state index in [1.165, 1.54) is 6.07 Å². The standard InChI is InChI=1S/C14H14ClFN2/c1-10-4-2-5-11(18-10)8-17-9-12-13(15)6-3-7-14(12)16/h2-7,17H,8-9H2,1H3. The fraction of sp³-hybridized carbons (Fsp3) is 0.214. The van der Waals surface area contributed by atoms with Gasteiger partial charge >= 0.3 is 0 Å². The van der Waals surface area contributed by atoms with Crippen LogP contribution in [0.4, 0.5) is 4.39 Å². The molecule has 0 radical (unpaired) electrons. The summed E-state index contributed by atoms with van der Waals surface area (Å²) in [4.78, 5) is 4.36. The van der Waals surface area contributed by atoms with Gasteiger partial charge in [-0.2, -0.15) is 0 Å². The number of nitrogens with zero attached hydrogens (tertiary/aromatic N) is 1. The van der Waals surface area contributed by atoms with Gasteiger partial charge in [0.1, 0.15) is 5.82 Å². The van der Waals surface area contributed by atoms with Gasteiger partial charge in [0, 0.05) is 29.4 Å². The number of rotatable bonds is 4. The Kier molecular flexibility index (Phi) is 4.28. The normalized spacial score (nSPS) is 10.6. The quantitative estimate of drug-likeness (QED) is 0.915. The van der Waals surface area contributed by atoms with Gasteiger partial charge in [0.05, 0.1) is 5.69 Å². The summed E-state index contributed by atoms with van der Waals surface area (Å²) in [5.41, 5.74) is 2.40. The van der Waals surface area contributed by atoms with Gasteiger partial charge in [0.15, 0.2) is 0 Å². The Labute approximate surface area is 111 Å². The maximum absolute atomic E-state index is 13.5. The summed E-state index contributed by atoms with van der Waals surface area (Å²) in [6.07, 6.45) is 0. The number of aromatic nitrogens is 1. The molecule has 0 unspecified atom stereocenters. The van der Waals surface area contributed by atoms with Crippen LogP contribution >= 0.6 is 11.6 Å². The lowest BCUT2D eigenvalue weighted by molar-refractivity contribution is 0.586. The van der Waals surface area contributed by atoms with E-state index in [2.05, 4.69) is 10.3 Å². The molecule has 2 aromatic rings. The monoisotopic (exact) mass is 264 g/mol. The second-order valence-electron chi connectivity index (χ2n) is 4.07. The third-order valence-electron chi connectivity index (χ3n) is 2.62. The first-order chi connectivity index (χ1) is 8.66. The van der Waals surface area contributed by atoms with Gasteiger partial charge < -0.3 is 5.32 Å². The lowest BCUT2D eigenvalue weighted by Crippen LogP contribution is -2.15. The van der Waals surface area contributed by atoms with Gasteiger partial charge in [-0.1, -0.05) is 23.7 Å². The minimum atomic E-state index is -0.285. The number of hydrogen-bond acceptors (Lipinski definition) is 2. The van der Waals surface area contributed by atoms with Crippen LogP contribution in [0.3, 0.4) is 0 Å². The molecule has 2 nitrogen and oxygen atoms in total. The molecule has 2 rings (SSSR count). The molecule has 0 saturated heterocycles. The molecule has 1 heterocycles. The first-order valence-corrected chi connectivity index (χ1v) is 6.11. The van der Waals surface area contributed by atoms with Crippen LogP contribution in [-0.2, 0) is 13.1 Å². The zero-order valence-corrected chi connectivity index (χ0v) is 10.8. The summed E-state index contributed by atoms with van der Waals surface area (Å²) in [7, 11) is 0. The highest BCUT2D eigenvalue weighted by molar-refractivity contribution is 6.31. The average Bonchev–Trinajstić information content (AvgIpc) is 2.33. The molecule has 0 bridgehead atoms. The zero-order chi connectivity index (χ0) is 13.0. The average molecular weight is 265 g/mol. The summed E-state index contributed by atoms with van der Waals surface area (Å²) < 4.78 is 13.5. The van der Waals surface area contributed by atoms with Gasteiger partial charge in [-0.05, 0) is 31.2 Å². The van der Waals surface area contributed by atoms with Crippen LogP contribution in [0.1, 0.15) is 17.0 Å². The van der Waals surface area contributed by atoms with Crippen molar-refractivity contribution in [1.29, 1.82) is 0 Å². The maximum Gasteiger partial charge on any atom is 0.129 e. The Hall–Kier alpha value is -1.45. The number of nitrogens with one attached hydrogen (secondary N) is 1. The highest BCUT2D eigenvalue weighted by Crippen LogP contribution is 2.18. The Bertz CT molecular complexity index is 523. The van der Waals surface area contributed by atoms with E-state index < -0.39 is 0 Å². The van der Waals surface area contributed by atoms with E-state index in [0.29, 0.717) is 23.7 Å². The zero-order valence-electron chi connectivity index (χ0n) is 10.1. The van der Waals surface area contributed by atoms with E-state index in [1.54, 1.807) is 12.1 Å². The van der Waals surface area contributed by atoms with Crippen LogP contribution in [0.2, 0.25) is 5.02 Å². The van der Waals surface area contributed by atoms with Crippen LogP contribution in [0, 0.1) is 12.7 Å². The molecule has 0 saturated carbocycles. The predicted octanol–water partition coefficient (Wildman–Crippen LogP) is 3.47. The van der Waals surface area contributed by atoms with Crippen molar-refractivity contribution in [3.63, 3.8) is 0 Å². The minimum absolute atomic E-state index is 0.285. The van der Waals surface area contributed by atoms with Crippen LogP contribution in [0.5, 0.6) is 0 Å². The molecular formula is C14H14ClFN2. The highest BCUT2D eigenvalue weighted by atomic mass is 35.5. The van der Waals surface area contributed by atoms with Crippen molar-refractivity contribution in [2.24, 2.45) is 0 Å². The summed E-state index contributed by atoms with van der Waals surface area (Å²) in [6, 6.07) is 10.5. The molecule has 0 atom stereocenters. The van der Waals surface area contributed by atoms with Crippen LogP contribution in [0.25, 0.3) is 0 Å². The first kappa shape index (κ1) is 13.0. The summed E-state index contributed by atoms with van der Waals surface area (Å²) in [6.45, 7) is 2.92. The second kappa shape index (κ2) is 5.94. The van der Waals surface area contributed by atoms with Crippen LogP contribution in [0.15, 0.2) is 36.4 Å². The lowest BCUT2D eigenvalue weighted by Gasteiger charge is -2.07. The van der Waals surface area contributed by atoms with Crippen LogP contribution in [-0.4, -0.2) is 4.98 Å².